The molecule has 3 unspecified atom stereocenters. The number of carbonyl (C=O) groups excluding carboxylic acids is 2. The monoisotopic (exact) mass is 302 g/mol. The van der Waals surface area contributed by atoms with Crippen LogP contribution >= 0.6 is 11.8 Å². The van der Waals surface area contributed by atoms with Gasteiger partial charge in [-0.25, -0.2) is 0 Å². The highest BCUT2D eigenvalue weighted by atomic mass is 32.2. The predicted octanol–water partition coefficient (Wildman–Crippen LogP) is 1.30. The molecule has 3 N–H and O–H groups in total. The molecule has 0 spiro atoms. The summed E-state index contributed by atoms with van der Waals surface area (Å²) in [7, 11) is 0. The lowest BCUT2D eigenvalue weighted by molar-refractivity contribution is -0.144. The third-order valence-corrected chi connectivity index (χ3v) is 4.64. The summed E-state index contributed by atoms with van der Waals surface area (Å²) in [6, 6.07) is -0.350. The number of nitrogens with one attached hydrogen (secondary N) is 1. The molecule has 5 nitrogen and oxygen atoms in total. The zero-order valence-corrected chi connectivity index (χ0v) is 13.2. The quantitative estimate of drug-likeness (QED) is 0.693. The van der Waals surface area contributed by atoms with E-state index < -0.39 is 12.0 Å². The SMILES string of the molecule is CCOC(=O)C(N)CSCC(=O)NC1CCCCC1C. The van der Waals surface area contributed by atoms with Crippen molar-refractivity contribution >= 4 is 23.6 Å². The van der Waals surface area contributed by atoms with E-state index in [0.29, 0.717) is 30.1 Å². The van der Waals surface area contributed by atoms with Crippen LogP contribution in [0.15, 0.2) is 0 Å². The van der Waals surface area contributed by atoms with Crippen LogP contribution in [0.5, 0.6) is 0 Å². The van der Waals surface area contributed by atoms with Crippen molar-refractivity contribution in [1.82, 2.24) is 5.32 Å². The Labute approximate surface area is 125 Å². The molecule has 116 valence electrons. The fourth-order valence-corrected chi connectivity index (χ4v) is 3.15. The molecule has 0 heterocycles. The number of ether oxygens (including phenoxy) is 1. The fourth-order valence-electron chi connectivity index (χ4n) is 2.38. The van der Waals surface area contributed by atoms with E-state index in [0.717, 1.165) is 6.42 Å². The molecule has 1 aliphatic carbocycles. The first-order valence-electron chi connectivity index (χ1n) is 7.34. The van der Waals surface area contributed by atoms with Crippen molar-refractivity contribution in [2.45, 2.75) is 51.6 Å². The van der Waals surface area contributed by atoms with Gasteiger partial charge in [0.05, 0.1) is 12.4 Å². The van der Waals surface area contributed by atoms with Gasteiger partial charge in [0.1, 0.15) is 6.04 Å². The van der Waals surface area contributed by atoms with E-state index in [9.17, 15) is 9.59 Å². The van der Waals surface area contributed by atoms with Gasteiger partial charge in [0, 0.05) is 11.8 Å². The molecule has 0 saturated heterocycles. The molecular weight excluding hydrogens is 276 g/mol. The maximum atomic E-state index is 11.8. The van der Waals surface area contributed by atoms with Crippen molar-refractivity contribution in [2.24, 2.45) is 11.7 Å². The van der Waals surface area contributed by atoms with Crippen molar-refractivity contribution in [2.75, 3.05) is 18.1 Å². The number of nitrogens with two attached hydrogens (primary N) is 1. The van der Waals surface area contributed by atoms with Gasteiger partial charge in [-0.3, -0.25) is 9.59 Å². The molecule has 0 bridgehead atoms. The number of hydrogen-bond acceptors (Lipinski definition) is 5. The van der Waals surface area contributed by atoms with Gasteiger partial charge in [-0.2, -0.15) is 0 Å². The molecular formula is C14H26N2O3S. The highest BCUT2D eigenvalue weighted by Crippen LogP contribution is 2.23. The average Bonchev–Trinajstić information content (AvgIpc) is 2.41. The van der Waals surface area contributed by atoms with Crippen molar-refractivity contribution in [3.8, 4) is 0 Å². The van der Waals surface area contributed by atoms with E-state index in [2.05, 4.69) is 12.2 Å². The normalized spacial score (nSPS) is 23.9. The smallest absolute Gasteiger partial charge is 0.323 e. The van der Waals surface area contributed by atoms with E-state index in [-0.39, 0.29) is 5.91 Å². The van der Waals surface area contributed by atoms with Gasteiger partial charge in [-0.05, 0) is 25.7 Å². The van der Waals surface area contributed by atoms with Crippen LogP contribution in [-0.2, 0) is 14.3 Å². The molecule has 0 aromatic rings. The second-order valence-electron chi connectivity index (χ2n) is 5.31. The lowest BCUT2D eigenvalue weighted by atomic mass is 9.86. The third kappa shape index (κ3) is 6.13. The van der Waals surface area contributed by atoms with E-state index >= 15 is 0 Å². The number of thioether (sulfide) groups is 1. The Balaban J connectivity index is 2.18. The minimum absolute atomic E-state index is 0.0322. The van der Waals surface area contributed by atoms with Crippen molar-refractivity contribution in [1.29, 1.82) is 0 Å². The van der Waals surface area contributed by atoms with Crippen LogP contribution in [-0.4, -0.2) is 42.1 Å². The fraction of sp³-hybridized carbons (Fsp3) is 0.857. The topological polar surface area (TPSA) is 81.4 Å². The van der Waals surface area contributed by atoms with E-state index in [1.807, 2.05) is 0 Å². The summed E-state index contributed by atoms with van der Waals surface area (Å²) in [5.74, 6) is 0.939. The largest absolute Gasteiger partial charge is 0.465 e. The third-order valence-electron chi connectivity index (χ3n) is 3.58. The first-order chi connectivity index (χ1) is 9.54. The maximum absolute atomic E-state index is 11.8. The lowest BCUT2D eigenvalue weighted by Gasteiger charge is -2.29. The zero-order chi connectivity index (χ0) is 15.0. The Morgan fingerprint density at radius 3 is 2.75 bits per heavy atom. The molecule has 0 aromatic carbocycles. The number of esters is 1. The van der Waals surface area contributed by atoms with Crippen LogP contribution in [0.1, 0.15) is 39.5 Å². The Kier molecular flexibility index (Phi) is 7.99. The summed E-state index contributed by atoms with van der Waals surface area (Å²) in [5, 5.41) is 3.08. The molecule has 20 heavy (non-hydrogen) atoms. The number of hydrogen-bond donors (Lipinski definition) is 2. The highest BCUT2D eigenvalue weighted by molar-refractivity contribution is 8.00. The van der Waals surface area contributed by atoms with Crippen LogP contribution in [0.25, 0.3) is 0 Å². The molecule has 0 radical (unpaired) electrons. The molecule has 6 heteroatoms. The van der Waals surface area contributed by atoms with Gasteiger partial charge >= 0.3 is 5.97 Å². The van der Waals surface area contributed by atoms with Crippen LogP contribution < -0.4 is 11.1 Å². The standard InChI is InChI=1S/C14H26N2O3S/c1-3-19-14(18)11(15)8-20-9-13(17)16-12-7-5-4-6-10(12)2/h10-12H,3-9,15H2,1-2H3,(H,16,17). The van der Waals surface area contributed by atoms with E-state index in [4.69, 9.17) is 10.5 Å². The van der Waals surface area contributed by atoms with Crippen LogP contribution in [0.3, 0.4) is 0 Å². The maximum Gasteiger partial charge on any atom is 0.323 e. The highest BCUT2D eigenvalue weighted by Gasteiger charge is 2.23. The minimum atomic E-state index is -0.652. The molecule has 0 aromatic heterocycles. The summed E-state index contributed by atoms with van der Waals surface area (Å²) in [6.45, 7) is 4.27. The Bertz CT molecular complexity index is 326. The summed E-state index contributed by atoms with van der Waals surface area (Å²) in [6.07, 6.45) is 4.71. The van der Waals surface area contributed by atoms with Gasteiger partial charge in [0.25, 0.3) is 0 Å². The summed E-state index contributed by atoms with van der Waals surface area (Å²) >= 11 is 1.38. The van der Waals surface area contributed by atoms with Gasteiger partial charge in [0.2, 0.25) is 5.91 Å². The van der Waals surface area contributed by atoms with Gasteiger partial charge < -0.3 is 15.8 Å². The van der Waals surface area contributed by atoms with Gasteiger partial charge in [-0.15, -0.1) is 11.8 Å². The number of amides is 1. The average molecular weight is 302 g/mol. The molecule has 1 amide bonds. The number of carbonyl (C=O) groups is 2. The summed E-state index contributed by atoms with van der Waals surface area (Å²) in [4.78, 5) is 23.2. The van der Waals surface area contributed by atoms with Crippen LogP contribution in [0.4, 0.5) is 0 Å². The second-order valence-corrected chi connectivity index (χ2v) is 6.34. The number of rotatable bonds is 7. The molecule has 1 aliphatic rings. The molecule has 1 saturated carbocycles. The van der Waals surface area contributed by atoms with E-state index in [1.165, 1.54) is 31.0 Å². The van der Waals surface area contributed by atoms with Crippen molar-refractivity contribution in [3.05, 3.63) is 0 Å². The Morgan fingerprint density at radius 2 is 2.10 bits per heavy atom. The van der Waals surface area contributed by atoms with Crippen molar-refractivity contribution < 1.29 is 14.3 Å². The van der Waals surface area contributed by atoms with Crippen molar-refractivity contribution in [3.63, 3.8) is 0 Å². The molecule has 3 atom stereocenters. The molecule has 1 fully saturated rings. The Morgan fingerprint density at radius 1 is 1.40 bits per heavy atom. The Hall–Kier alpha value is -0.750. The van der Waals surface area contributed by atoms with Gasteiger partial charge in [0.15, 0.2) is 0 Å². The second kappa shape index (κ2) is 9.23. The summed E-state index contributed by atoms with van der Waals surface area (Å²) in [5.41, 5.74) is 5.67. The molecule has 0 aliphatic heterocycles. The van der Waals surface area contributed by atoms with Crippen LogP contribution in [0.2, 0.25) is 0 Å². The summed E-state index contributed by atoms with van der Waals surface area (Å²) < 4.78 is 4.82. The lowest BCUT2D eigenvalue weighted by Crippen LogP contribution is -2.42. The molecule has 1 rings (SSSR count). The predicted molar refractivity (Wildman–Crippen MR) is 81.5 cm³/mol. The zero-order valence-electron chi connectivity index (χ0n) is 12.4. The first-order valence-corrected chi connectivity index (χ1v) is 8.49. The van der Waals surface area contributed by atoms with E-state index in [1.54, 1.807) is 6.92 Å². The minimum Gasteiger partial charge on any atom is -0.465 e. The van der Waals surface area contributed by atoms with Gasteiger partial charge in [-0.1, -0.05) is 19.8 Å². The first kappa shape index (κ1) is 17.3. The van der Waals surface area contributed by atoms with Crippen LogP contribution in [0, 0.1) is 5.92 Å².